The number of carbonyl (C=O) groups is 1. The van der Waals surface area contributed by atoms with Gasteiger partial charge in [0, 0.05) is 32.4 Å². The fraction of sp³-hybridized carbons (Fsp3) is 0.421. The smallest absolute Gasteiger partial charge is 0.271 e. The lowest BCUT2D eigenvalue weighted by atomic mass is 10.1. The van der Waals surface area contributed by atoms with E-state index in [1.807, 2.05) is 26.1 Å². The topological polar surface area (TPSA) is 72.3 Å². The standard InChI is InChI=1S/C19H23N5O2S/c1-3-26-15-7-4-8-16-17(15)22-19(27-16)24-9-5-6-13(10-24)21-18(25)14-11-23(2)12-20-14/h4,7-8,11-13H,3,5-6,9-10H2,1-2H3,(H,21,25). The number of fused-ring (bicyclic) bond motifs is 1. The third kappa shape index (κ3) is 3.75. The Balaban J connectivity index is 1.48. The van der Waals surface area contributed by atoms with Crippen molar-refractivity contribution in [1.82, 2.24) is 19.9 Å². The maximum absolute atomic E-state index is 12.4. The van der Waals surface area contributed by atoms with Crippen LogP contribution in [0.5, 0.6) is 5.75 Å². The summed E-state index contributed by atoms with van der Waals surface area (Å²) in [5, 5.41) is 4.09. The minimum absolute atomic E-state index is 0.0895. The molecule has 1 aromatic carbocycles. The third-order valence-corrected chi connectivity index (χ3v) is 5.72. The second-order valence-corrected chi connectivity index (χ2v) is 7.72. The van der Waals surface area contributed by atoms with Gasteiger partial charge in [-0.05, 0) is 31.9 Å². The van der Waals surface area contributed by atoms with E-state index in [4.69, 9.17) is 9.72 Å². The number of thiazole rings is 1. The molecular formula is C19H23N5O2S. The van der Waals surface area contributed by atoms with E-state index in [0.29, 0.717) is 12.3 Å². The maximum atomic E-state index is 12.4. The Morgan fingerprint density at radius 3 is 3.11 bits per heavy atom. The Bertz CT molecular complexity index is 951. The van der Waals surface area contributed by atoms with Crippen molar-refractivity contribution in [3.8, 4) is 5.75 Å². The molecule has 27 heavy (non-hydrogen) atoms. The van der Waals surface area contributed by atoms with Gasteiger partial charge in [0.1, 0.15) is 17.0 Å². The van der Waals surface area contributed by atoms with Crippen LogP contribution in [0.25, 0.3) is 10.2 Å². The highest BCUT2D eigenvalue weighted by atomic mass is 32.1. The highest BCUT2D eigenvalue weighted by molar-refractivity contribution is 7.22. The lowest BCUT2D eigenvalue weighted by molar-refractivity contribution is 0.0928. The molecule has 3 heterocycles. The predicted octanol–water partition coefficient (Wildman–Crippen LogP) is 2.83. The zero-order chi connectivity index (χ0) is 18.8. The average molecular weight is 385 g/mol. The fourth-order valence-electron chi connectivity index (χ4n) is 3.38. The summed E-state index contributed by atoms with van der Waals surface area (Å²) >= 11 is 1.67. The van der Waals surface area contributed by atoms with Crippen molar-refractivity contribution in [3.63, 3.8) is 0 Å². The molecule has 8 heteroatoms. The molecule has 0 radical (unpaired) electrons. The summed E-state index contributed by atoms with van der Waals surface area (Å²) in [5.41, 5.74) is 1.37. The molecule has 4 rings (SSSR count). The van der Waals surface area contributed by atoms with Gasteiger partial charge in [-0.25, -0.2) is 9.97 Å². The fourth-order valence-corrected chi connectivity index (χ4v) is 4.39. The first-order valence-corrected chi connectivity index (χ1v) is 10.0. The van der Waals surface area contributed by atoms with E-state index in [0.717, 1.165) is 47.0 Å². The summed E-state index contributed by atoms with van der Waals surface area (Å²) in [5.74, 6) is 0.708. The zero-order valence-corrected chi connectivity index (χ0v) is 16.3. The van der Waals surface area contributed by atoms with Crippen LogP contribution in [0, 0.1) is 0 Å². The number of carbonyl (C=O) groups excluding carboxylic acids is 1. The minimum atomic E-state index is -0.120. The number of amides is 1. The van der Waals surface area contributed by atoms with E-state index in [1.54, 1.807) is 28.4 Å². The lowest BCUT2D eigenvalue weighted by Crippen LogP contribution is -2.47. The van der Waals surface area contributed by atoms with E-state index in [9.17, 15) is 4.79 Å². The second kappa shape index (κ2) is 7.56. The van der Waals surface area contributed by atoms with Crippen molar-refractivity contribution in [3.05, 3.63) is 36.4 Å². The van der Waals surface area contributed by atoms with Crippen molar-refractivity contribution in [1.29, 1.82) is 0 Å². The quantitative estimate of drug-likeness (QED) is 0.731. The molecule has 1 fully saturated rings. The highest BCUT2D eigenvalue weighted by Gasteiger charge is 2.25. The number of ether oxygens (including phenoxy) is 1. The van der Waals surface area contributed by atoms with E-state index in [1.165, 1.54) is 0 Å². The number of nitrogens with zero attached hydrogens (tertiary/aromatic N) is 4. The summed E-state index contributed by atoms with van der Waals surface area (Å²) in [6, 6.07) is 6.12. The normalized spacial score (nSPS) is 17.3. The summed E-state index contributed by atoms with van der Waals surface area (Å²) < 4.78 is 8.60. The Labute approximate surface area is 162 Å². The van der Waals surface area contributed by atoms with Crippen molar-refractivity contribution in [2.45, 2.75) is 25.8 Å². The first-order chi connectivity index (χ1) is 13.1. The molecule has 1 atom stereocenters. The lowest BCUT2D eigenvalue weighted by Gasteiger charge is -2.32. The minimum Gasteiger partial charge on any atom is -0.492 e. The first kappa shape index (κ1) is 17.8. The molecule has 3 aromatic rings. The van der Waals surface area contributed by atoms with Crippen molar-refractivity contribution < 1.29 is 9.53 Å². The van der Waals surface area contributed by atoms with E-state index in [-0.39, 0.29) is 11.9 Å². The molecule has 1 amide bonds. The van der Waals surface area contributed by atoms with Crippen LogP contribution < -0.4 is 15.0 Å². The number of piperidine rings is 1. The number of aromatic nitrogens is 3. The van der Waals surface area contributed by atoms with Crippen LogP contribution in [-0.4, -0.2) is 46.2 Å². The van der Waals surface area contributed by atoms with Gasteiger partial charge in [-0.3, -0.25) is 4.79 Å². The number of rotatable bonds is 5. The van der Waals surface area contributed by atoms with Crippen LogP contribution in [0.4, 0.5) is 5.13 Å². The number of nitrogens with one attached hydrogen (secondary N) is 1. The summed E-state index contributed by atoms with van der Waals surface area (Å²) in [6.07, 6.45) is 5.35. The number of imidazole rings is 1. The maximum Gasteiger partial charge on any atom is 0.271 e. The van der Waals surface area contributed by atoms with Gasteiger partial charge in [-0.15, -0.1) is 0 Å². The van der Waals surface area contributed by atoms with Gasteiger partial charge in [0.2, 0.25) is 0 Å². The van der Waals surface area contributed by atoms with Crippen molar-refractivity contribution in [2.75, 3.05) is 24.6 Å². The molecule has 1 aliphatic rings. The number of hydrogen-bond acceptors (Lipinski definition) is 6. The summed E-state index contributed by atoms with van der Waals surface area (Å²) in [4.78, 5) is 23.6. The second-order valence-electron chi connectivity index (χ2n) is 6.72. The molecule has 0 bridgehead atoms. The predicted molar refractivity (Wildman–Crippen MR) is 107 cm³/mol. The van der Waals surface area contributed by atoms with Gasteiger partial charge in [-0.2, -0.15) is 0 Å². The van der Waals surface area contributed by atoms with Gasteiger partial charge < -0.3 is 19.5 Å². The molecule has 142 valence electrons. The number of aryl methyl sites for hydroxylation is 1. The van der Waals surface area contributed by atoms with Crippen LogP contribution in [-0.2, 0) is 7.05 Å². The van der Waals surface area contributed by atoms with E-state index >= 15 is 0 Å². The molecule has 0 spiro atoms. The molecular weight excluding hydrogens is 362 g/mol. The Morgan fingerprint density at radius 2 is 2.33 bits per heavy atom. The Morgan fingerprint density at radius 1 is 1.44 bits per heavy atom. The van der Waals surface area contributed by atoms with Crippen LogP contribution in [0.2, 0.25) is 0 Å². The largest absolute Gasteiger partial charge is 0.492 e. The van der Waals surface area contributed by atoms with Gasteiger partial charge in [0.25, 0.3) is 5.91 Å². The molecule has 1 N–H and O–H groups in total. The van der Waals surface area contributed by atoms with Crippen LogP contribution in [0.1, 0.15) is 30.3 Å². The van der Waals surface area contributed by atoms with E-state index < -0.39 is 0 Å². The van der Waals surface area contributed by atoms with E-state index in [2.05, 4.69) is 21.3 Å². The monoisotopic (exact) mass is 385 g/mol. The molecule has 1 aliphatic heterocycles. The molecule has 0 saturated carbocycles. The summed E-state index contributed by atoms with van der Waals surface area (Å²) in [7, 11) is 1.86. The average Bonchev–Trinajstić information content (AvgIpc) is 3.29. The SMILES string of the molecule is CCOc1cccc2sc(N3CCCC(NC(=O)c4cn(C)cn4)C3)nc12. The van der Waals surface area contributed by atoms with Crippen LogP contribution in [0.15, 0.2) is 30.7 Å². The highest BCUT2D eigenvalue weighted by Crippen LogP contribution is 2.35. The van der Waals surface area contributed by atoms with Gasteiger partial charge in [0.05, 0.1) is 17.6 Å². The van der Waals surface area contributed by atoms with Crippen LogP contribution >= 0.6 is 11.3 Å². The molecule has 0 aliphatic carbocycles. The molecule has 1 unspecified atom stereocenters. The Kier molecular flexibility index (Phi) is 4.98. The molecule has 2 aromatic heterocycles. The van der Waals surface area contributed by atoms with Gasteiger partial charge in [0.15, 0.2) is 5.13 Å². The van der Waals surface area contributed by atoms with Gasteiger partial charge >= 0.3 is 0 Å². The van der Waals surface area contributed by atoms with Crippen LogP contribution in [0.3, 0.4) is 0 Å². The molecule has 1 saturated heterocycles. The molecule has 7 nitrogen and oxygen atoms in total. The zero-order valence-electron chi connectivity index (χ0n) is 15.5. The number of para-hydroxylation sites is 1. The summed E-state index contributed by atoms with van der Waals surface area (Å²) in [6.45, 7) is 4.30. The number of hydrogen-bond donors (Lipinski definition) is 1. The number of anilines is 1. The van der Waals surface area contributed by atoms with Gasteiger partial charge in [-0.1, -0.05) is 17.4 Å². The Hall–Kier alpha value is -2.61. The first-order valence-electron chi connectivity index (χ1n) is 9.20. The van der Waals surface area contributed by atoms with Crippen molar-refractivity contribution in [2.24, 2.45) is 7.05 Å². The van der Waals surface area contributed by atoms with Crippen molar-refractivity contribution >= 4 is 32.6 Å². The third-order valence-electron chi connectivity index (χ3n) is 4.64. The number of benzene rings is 1.